The molecule has 1 aromatic heterocycles. The molecule has 0 bridgehead atoms. The van der Waals surface area contributed by atoms with Crippen molar-refractivity contribution < 1.29 is 0 Å². The summed E-state index contributed by atoms with van der Waals surface area (Å²) in [7, 11) is 0. The number of nitrogens with one attached hydrogen (secondary N) is 1. The molecule has 4 rings (SSSR count). The van der Waals surface area contributed by atoms with Gasteiger partial charge in [-0.25, -0.2) is 0 Å². The van der Waals surface area contributed by atoms with Crippen molar-refractivity contribution in [3.8, 4) is 0 Å². The Labute approximate surface area is 143 Å². The van der Waals surface area contributed by atoms with E-state index in [2.05, 4.69) is 83.1 Å². The first kappa shape index (κ1) is 15.1. The van der Waals surface area contributed by atoms with Crippen molar-refractivity contribution in [2.75, 3.05) is 6.54 Å². The molecular formula is C22H22N2. The summed E-state index contributed by atoms with van der Waals surface area (Å²) in [5.74, 6) is 1.45. The van der Waals surface area contributed by atoms with Crippen LogP contribution >= 0.6 is 0 Å². The Balaban J connectivity index is 1.46. The van der Waals surface area contributed by atoms with Crippen LogP contribution in [0, 0.1) is 5.92 Å². The Morgan fingerprint density at radius 1 is 0.833 bits per heavy atom. The van der Waals surface area contributed by atoms with Crippen LogP contribution in [0.3, 0.4) is 0 Å². The molecule has 3 atom stereocenters. The Kier molecular flexibility index (Phi) is 4.39. The van der Waals surface area contributed by atoms with Gasteiger partial charge in [-0.3, -0.25) is 4.98 Å². The molecule has 0 amide bonds. The van der Waals surface area contributed by atoms with Crippen molar-refractivity contribution in [3.05, 3.63) is 102 Å². The normalized spacial score (nSPS) is 20.5. The van der Waals surface area contributed by atoms with E-state index < -0.39 is 0 Å². The Hall–Kier alpha value is -2.45. The van der Waals surface area contributed by atoms with Gasteiger partial charge >= 0.3 is 0 Å². The summed E-state index contributed by atoms with van der Waals surface area (Å²) >= 11 is 0. The predicted molar refractivity (Wildman–Crippen MR) is 97.8 cm³/mol. The van der Waals surface area contributed by atoms with Crippen LogP contribution in [0.5, 0.6) is 0 Å². The lowest BCUT2D eigenvalue weighted by Gasteiger charge is -2.20. The first-order valence-corrected chi connectivity index (χ1v) is 8.65. The highest BCUT2D eigenvalue weighted by atomic mass is 14.9. The van der Waals surface area contributed by atoms with E-state index in [1.54, 1.807) is 0 Å². The fourth-order valence-electron chi connectivity index (χ4n) is 3.48. The highest BCUT2D eigenvalue weighted by Crippen LogP contribution is 2.47. The number of hydrogen-bond donors (Lipinski definition) is 1. The minimum Gasteiger partial charge on any atom is -0.306 e. The highest BCUT2D eigenvalue weighted by Gasteiger charge is 2.38. The van der Waals surface area contributed by atoms with Crippen LogP contribution in [0.1, 0.15) is 35.1 Å². The van der Waals surface area contributed by atoms with Crippen LogP contribution < -0.4 is 5.32 Å². The van der Waals surface area contributed by atoms with Crippen molar-refractivity contribution in [2.45, 2.75) is 18.4 Å². The van der Waals surface area contributed by atoms with Gasteiger partial charge in [-0.15, -0.1) is 0 Å². The molecule has 3 aromatic rings. The van der Waals surface area contributed by atoms with Gasteiger partial charge in [0, 0.05) is 12.4 Å². The third kappa shape index (κ3) is 3.39. The Morgan fingerprint density at radius 2 is 1.46 bits per heavy atom. The molecule has 0 aliphatic heterocycles. The molecule has 1 aliphatic rings. The van der Waals surface area contributed by atoms with Crippen LogP contribution in [0.4, 0.5) is 0 Å². The van der Waals surface area contributed by atoms with Crippen molar-refractivity contribution >= 4 is 0 Å². The maximum Gasteiger partial charge on any atom is 0.0577 e. The van der Waals surface area contributed by atoms with Gasteiger partial charge in [0.1, 0.15) is 0 Å². The Bertz CT molecular complexity index is 716. The first-order chi connectivity index (χ1) is 11.9. The fourth-order valence-corrected chi connectivity index (χ4v) is 3.48. The molecule has 1 heterocycles. The van der Waals surface area contributed by atoms with Crippen LogP contribution in [0.25, 0.3) is 0 Å². The summed E-state index contributed by atoms with van der Waals surface area (Å²) in [5, 5.41) is 3.79. The number of pyridine rings is 1. The molecular weight excluding hydrogens is 292 g/mol. The van der Waals surface area contributed by atoms with Crippen molar-refractivity contribution in [2.24, 2.45) is 5.92 Å². The van der Waals surface area contributed by atoms with Gasteiger partial charge in [0.05, 0.1) is 6.04 Å². The van der Waals surface area contributed by atoms with E-state index in [1.807, 2.05) is 12.4 Å². The van der Waals surface area contributed by atoms with Gasteiger partial charge in [-0.2, -0.15) is 0 Å². The molecule has 2 aromatic carbocycles. The summed E-state index contributed by atoms with van der Waals surface area (Å²) < 4.78 is 0. The van der Waals surface area contributed by atoms with Gasteiger partial charge < -0.3 is 5.32 Å². The second kappa shape index (κ2) is 6.98. The lowest BCUT2D eigenvalue weighted by atomic mass is 9.99. The maximum atomic E-state index is 4.15. The first-order valence-electron chi connectivity index (χ1n) is 8.65. The van der Waals surface area contributed by atoms with E-state index >= 15 is 0 Å². The quantitative estimate of drug-likeness (QED) is 0.721. The summed E-state index contributed by atoms with van der Waals surface area (Å²) in [5.41, 5.74) is 4.05. The SMILES string of the molecule is c1ccc([C@H](NC[C@H]2C[C@H]2c2ccccc2)c2ccncc2)cc1. The number of aromatic nitrogens is 1. The number of nitrogens with zero attached hydrogens (tertiary/aromatic N) is 1. The minimum atomic E-state index is 0.228. The molecule has 0 spiro atoms. The summed E-state index contributed by atoms with van der Waals surface area (Å²) in [6.07, 6.45) is 5.03. The van der Waals surface area contributed by atoms with Crippen molar-refractivity contribution in [1.29, 1.82) is 0 Å². The second-order valence-electron chi connectivity index (χ2n) is 6.55. The Morgan fingerprint density at radius 3 is 2.17 bits per heavy atom. The zero-order valence-corrected chi connectivity index (χ0v) is 13.7. The molecule has 1 fully saturated rings. The van der Waals surface area contributed by atoms with E-state index in [-0.39, 0.29) is 6.04 Å². The second-order valence-corrected chi connectivity index (χ2v) is 6.55. The van der Waals surface area contributed by atoms with Gasteiger partial charge in [0.15, 0.2) is 0 Å². The standard InChI is InChI=1S/C22H22N2/c1-3-7-17(8-4-1)21-15-20(21)16-24-22(18-9-5-2-6-10-18)19-11-13-23-14-12-19/h1-14,20-22,24H,15-16H2/t20-,21+,22+/m1/s1. The third-order valence-corrected chi connectivity index (χ3v) is 4.91. The zero-order chi connectivity index (χ0) is 16.2. The van der Waals surface area contributed by atoms with Crippen LogP contribution in [-0.4, -0.2) is 11.5 Å². The molecule has 2 nitrogen and oxygen atoms in total. The molecule has 0 saturated heterocycles. The van der Waals surface area contributed by atoms with Crippen molar-refractivity contribution in [3.63, 3.8) is 0 Å². The molecule has 1 N–H and O–H groups in total. The third-order valence-electron chi connectivity index (χ3n) is 4.91. The topological polar surface area (TPSA) is 24.9 Å². The van der Waals surface area contributed by atoms with E-state index in [1.165, 1.54) is 23.1 Å². The number of hydrogen-bond acceptors (Lipinski definition) is 2. The summed E-state index contributed by atoms with van der Waals surface area (Å²) in [6.45, 7) is 1.04. The zero-order valence-electron chi connectivity index (χ0n) is 13.7. The lowest BCUT2D eigenvalue weighted by molar-refractivity contribution is 0.566. The molecule has 2 heteroatoms. The molecule has 24 heavy (non-hydrogen) atoms. The molecule has 1 aliphatic carbocycles. The van der Waals surface area contributed by atoms with E-state index in [0.29, 0.717) is 5.92 Å². The fraction of sp³-hybridized carbons (Fsp3) is 0.227. The number of benzene rings is 2. The molecule has 0 radical (unpaired) electrons. The maximum absolute atomic E-state index is 4.15. The van der Waals surface area contributed by atoms with E-state index in [9.17, 15) is 0 Å². The summed E-state index contributed by atoms with van der Waals surface area (Å²) in [6, 6.07) is 26.0. The van der Waals surface area contributed by atoms with E-state index in [4.69, 9.17) is 0 Å². The molecule has 0 unspecified atom stereocenters. The lowest BCUT2D eigenvalue weighted by Crippen LogP contribution is -2.25. The number of rotatable bonds is 6. The largest absolute Gasteiger partial charge is 0.306 e. The van der Waals surface area contributed by atoms with Gasteiger partial charge in [-0.05, 0) is 53.6 Å². The monoisotopic (exact) mass is 314 g/mol. The van der Waals surface area contributed by atoms with Gasteiger partial charge in [-0.1, -0.05) is 60.7 Å². The van der Waals surface area contributed by atoms with Crippen LogP contribution in [-0.2, 0) is 0 Å². The van der Waals surface area contributed by atoms with Gasteiger partial charge in [0.25, 0.3) is 0 Å². The smallest absolute Gasteiger partial charge is 0.0577 e. The van der Waals surface area contributed by atoms with Crippen molar-refractivity contribution in [1.82, 2.24) is 10.3 Å². The average molecular weight is 314 g/mol. The molecule has 1 saturated carbocycles. The minimum absolute atomic E-state index is 0.228. The van der Waals surface area contributed by atoms with Gasteiger partial charge in [0.2, 0.25) is 0 Å². The predicted octanol–water partition coefficient (Wildman–Crippen LogP) is 4.56. The average Bonchev–Trinajstić information content (AvgIpc) is 3.44. The van der Waals surface area contributed by atoms with E-state index in [0.717, 1.165) is 12.5 Å². The van der Waals surface area contributed by atoms with Crippen LogP contribution in [0.15, 0.2) is 85.2 Å². The highest BCUT2D eigenvalue weighted by molar-refractivity contribution is 5.31. The molecule has 120 valence electrons. The summed E-state index contributed by atoms with van der Waals surface area (Å²) in [4.78, 5) is 4.15. The van der Waals surface area contributed by atoms with Crippen LogP contribution in [0.2, 0.25) is 0 Å².